The molecule has 5 nitrogen and oxygen atoms in total. The van der Waals surface area contributed by atoms with Crippen molar-refractivity contribution < 1.29 is 13.9 Å². The summed E-state index contributed by atoms with van der Waals surface area (Å²) < 4.78 is 20.0. The summed E-state index contributed by atoms with van der Waals surface area (Å²) in [5, 5.41) is 3.27. The second kappa shape index (κ2) is 4.99. The molecule has 22 heavy (non-hydrogen) atoms. The Morgan fingerprint density at radius 2 is 2.18 bits per heavy atom. The lowest BCUT2D eigenvalue weighted by Crippen LogP contribution is -2.49. The Bertz CT molecular complexity index is 615. The van der Waals surface area contributed by atoms with Crippen LogP contribution < -0.4 is 5.32 Å². The van der Waals surface area contributed by atoms with Crippen LogP contribution in [0.4, 0.5) is 4.39 Å². The Kier molecular flexibility index (Phi) is 3.20. The fourth-order valence-corrected chi connectivity index (χ4v) is 3.91. The van der Waals surface area contributed by atoms with Crippen LogP contribution in [0.5, 0.6) is 0 Å². The van der Waals surface area contributed by atoms with Gasteiger partial charge in [-0.1, -0.05) is 0 Å². The number of carbonyl (C=O) groups is 1. The van der Waals surface area contributed by atoms with E-state index >= 15 is 0 Å². The number of piperidine rings is 1. The minimum Gasteiger partial charge on any atom is -0.342 e. The molecular weight excluding hydrogens is 285 g/mol. The summed E-state index contributed by atoms with van der Waals surface area (Å²) in [6.45, 7) is 3.25. The lowest BCUT2D eigenvalue weighted by atomic mass is 9.90. The number of hydrogen-bond acceptors (Lipinski definition) is 4. The minimum absolute atomic E-state index is 0.0717. The second-order valence-electron chi connectivity index (χ2n) is 6.46. The van der Waals surface area contributed by atoms with Crippen LogP contribution in [-0.4, -0.2) is 40.7 Å². The molecule has 0 radical (unpaired) electrons. The first-order valence-electron chi connectivity index (χ1n) is 7.94. The van der Waals surface area contributed by atoms with E-state index in [9.17, 15) is 9.18 Å². The maximum absolute atomic E-state index is 13.8. The summed E-state index contributed by atoms with van der Waals surface area (Å²) in [5.41, 5.74) is 0.497. The zero-order valence-corrected chi connectivity index (χ0v) is 12.6. The first-order valence-corrected chi connectivity index (χ1v) is 7.94. The van der Waals surface area contributed by atoms with E-state index in [1.54, 1.807) is 13.1 Å². The van der Waals surface area contributed by atoms with Crippen LogP contribution in [0.25, 0.3) is 0 Å². The van der Waals surface area contributed by atoms with E-state index in [2.05, 4.69) is 10.3 Å². The van der Waals surface area contributed by atoms with E-state index in [1.165, 1.54) is 6.07 Å². The predicted molar refractivity (Wildman–Crippen MR) is 77.5 cm³/mol. The molecule has 4 heterocycles. The van der Waals surface area contributed by atoms with Crippen molar-refractivity contribution in [2.75, 3.05) is 13.1 Å². The van der Waals surface area contributed by atoms with Crippen molar-refractivity contribution in [3.8, 4) is 0 Å². The highest BCUT2D eigenvalue weighted by Crippen LogP contribution is 2.46. The minimum atomic E-state index is -0.661. The molecule has 0 aliphatic carbocycles. The van der Waals surface area contributed by atoms with Crippen LogP contribution in [0.15, 0.2) is 12.3 Å². The number of ether oxygens (including phenoxy) is 1. The van der Waals surface area contributed by atoms with Gasteiger partial charge in [0.25, 0.3) is 5.91 Å². The number of carbonyl (C=O) groups excluding carboxylic acids is 1. The molecule has 0 bridgehead atoms. The van der Waals surface area contributed by atoms with Gasteiger partial charge in [-0.3, -0.25) is 9.78 Å². The lowest BCUT2D eigenvalue weighted by molar-refractivity contribution is -0.140. The molecule has 118 valence electrons. The third-order valence-corrected chi connectivity index (χ3v) is 5.16. The van der Waals surface area contributed by atoms with Gasteiger partial charge in [0.05, 0.1) is 11.7 Å². The molecule has 3 fully saturated rings. The normalized spacial score (nSPS) is 30.1. The fourth-order valence-electron chi connectivity index (χ4n) is 3.91. The Balaban J connectivity index is 1.64. The zero-order valence-electron chi connectivity index (χ0n) is 12.6. The lowest BCUT2D eigenvalue weighted by Gasteiger charge is -2.32. The SMILES string of the molecule is Cc1ncc(C2CCC3OC4(CCNCC4)C(=O)N32)cc1F. The van der Waals surface area contributed by atoms with Gasteiger partial charge in [0, 0.05) is 6.20 Å². The van der Waals surface area contributed by atoms with Crippen LogP contribution in [-0.2, 0) is 9.53 Å². The van der Waals surface area contributed by atoms with Crippen molar-refractivity contribution in [2.24, 2.45) is 0 Å². The average molecular weight is 305 g/mol. The third-order valence-electron chi connectivity index (χ3n) is 5.16. The van der Waals surface area contributed by atoms with Gasteiger partial charge >= 0.3 is 0 Å². The summed E-state index contributed by atoms with van der Waals surface area (Å²) in [6.07, 6.45) is 4.56. The van der Waals surface area contributed by atoms with Gasteiger partial charge in [-0.05, 0) is 57.3 Å². The first kappa shape index (κ1) is 14.1. The monoisotopic (exact) mass is 305 g/mol. The second-order valence-corrected chi connectivity index (χ2v) is 6.46. The fraction of sp³-hybridized carbons (Fsp3) is 0.625. The van der Waals surface area contributed by atoms with E-state index in [0.29, 0.717) is 18.5 Å². The number of amides is 1. The summed E-state index contributed by atoms with van der Waals surface area (Å²) in [7, 11) is 0. The number of fused-ring (bicyclic) bond motifs is 1. The number of hydrogen-bond donors (Lipinski definition) is 1. The topological polar surface area (TPSA) is 54.5 Å². The molecule has 1 spiro atoms. The van der Waals surface area contributed by atoms with Gasteiger partial charge in [0.1, 0.15) is 12.0 Å². The molecule has 3 aliphatic rings. The molecule has 2 unspecified atom stereocenters. The van der Waals surface area contributed by atoms with Gasteiger partial charge in [-0.25, -0.2) is 4.39 Å². The van der Waals surface area contributed by atoms with E-state index in [0.717, 1.165) is 31.5 Å². The largest absolute Gasteiger partial charge is 0.342 e. The number of nitrogens with zero attached hydrogens (tertiary/aromatic N) is 2. The number of aromatic nitrogens is 1. The summed E-state index contributed by atoms with van der Waals surface area (Å²) in [5.74, 6) is -0.243. The van der Waals surface area contributed by atoms with Crippen LogP contribution in [0.2, 0.25) is 0 Å². The summed E-state index contributed by atoms with van der Waals surface area (Å²) >= 11 is 0. The van der Waals surface area contributed by atoms with Crippen LogP contribution in [0, 0.1) is 12.7 Å². The highest BCUT2D eigenvalue weighted by Gasteiger charge is 2.57. The third kappa shape index (κ3) is 1.97. The van der Waals surface area contributed by atoms with E-state index in [1.807, 2.05) is 4.90 Å². The maximum atomic E-state index is 13.8. The quantitative estimate of drug-likeness (QED) is 0.857. The standard InChI is InChI=1S/C16H20FN3O2/c1-10-12(17)8-11(9-19-10)13-2-3-14-20(13)15(21)16(22-14)4-6-18-7-5-16/h8-9,13-14,18H,2-7H2,1H3. The van der Waals surface area contributed by atoms with Crippen molar-refractivity contribution in [3.05, 3.63) is 29.3 Å². The molecular formula is C16H20FN3O2. The molecule has 2 atom stereocenters. The molecule has 3 aliphatic heterocycles. The number of nitrogens with one attached hydrogen (secondary N) is 1. The van der Waals surface area contributed by atoms with Crippen molar-refractivity contribution >= 4 is 5.91 Å². The van der Waals surface area contributed by atoms with Crippen molar-refractivity contribution in [3.63, 3.8) is 0 Å². The van der Waals surface area contributed by atoms with Crippen molar-refractivity contribution in [1.82, 2.24) is 15.2 Å². The summed E-state index contributed by atoms with van der Waals surface area (Å²) in [4.78, 5) is 18.9. The molecule has 6 heteroatoms. The number of pyridine rings is 1. The van der Waals surface area contributed by atoms with E-state index in [-0.39, 0.29) is 24.0 Å². The van der Waals surface area contributed by atoms with Crippen molar-refractivity contribution in [1.29, 1.82) is 0 Å². The van der Waals surface area contributed by atoms with Crippen LogP contribution in [0.3, 0.4) is 0 Å². The van der Waals surface area contributed by atoms with E-state index < -0.39 is 5.60 Å². The Morgan fingerprint density at radius 1 is 1.41 bits per heavy atom. The van der Waals surface area contributed by atoms with Gasteiger partial charge in [0.2, 0.25) is 0 Å². The van der Waals surface area contributed by atoms with Gasteiger partial charge in [-0.2, -0.15) is 0 Å². The zero-order chi connectivity index (χ0) is 15.3. The van der Waals surface area contributed by atoms with Crippen molar-refractivity contribution in [2.45, 2.75) is 50.5 Å². The van der Waals surface area contributed by atoms with Gasteiger partial charge in [0.15, 0.2) is 5.60 Å². The molecule has 1 amide bonds. The molecule has 4 rings (SSSR count). The molecule has 3 saturated heterocycles. The maximum Gasteiger partial charge on any atom is 0.257 e. The molecule has 1 aromatic rings. The highest BCUT2D eigenvalue weighted by molar-refractivity contribution is 5.88. The first-order chi connectivity index (χ1) is 10.6. The summed E-state index contributed by atoms with van der Waals surface area (Å²) in [6, 6.07) is 1.39. The van der Waals surface area contributed by atoms with Crippen LogP contribution in [0.1, 0.15) is 43.0 Å². The van der Waals surface area contributed by atoms with Crippen LogP contribution >= 0.6 is 0 Å². The molecule has 1 aromatic heterocycles. The number of halogens is 1. The average Bonchev–Trinajstić information content (AvgIpc) is 3.03. The van der Waals surface area contributed by atoms with E-state index in [4.69, 9.17) is 4.74 Å². The Labute approximate surface area is 128 Å². The number of rotatable bonds is 1. The Morgan fingerprint density at radius 3 is 2.91 bits per heavy atom. The number of aryl methyl sites for hydroxylation is 1. The Hall–Kier alpha value is -1.53. The molecule has 1 N–H and O–H groups in total. The highest BCUT2D eigenvalue weighted by atomic mass is 19.1. The predicted octanol–water partition coefficient (Wildman–Crippen LogP) is 1.67. The van der Waals surface area contributed by atoms with Gasteiger partial charge < -0.3 is 15.0 Å². The molecule has 0 aromatic carbocycles. The smallest absolute Gasteiger partial charge is 0.257 e. The van der Waals surface area contributed by atoms with Gasteiger partial charge in [-0.15, -0.1) is 0 Å². The molecule has 0 saturated carbocycles.